The number of nitrogens with zero attached hydrogens (tertiary/aromatic N) is 1. The molecular weight excluding hydrogens is 136 g/mol. The minimum absolute atomic E-state index is 0.385. The minimum atomic E-state index is 0.385. The number of nitrogens with one attached hydrogen (secondary N) is 1. The average Bonchev–Trinajstić information content (AvgIpc) is 2.05. The van der Waals surface area contributed by atoms with Crippen LogP contribution in [0.15, 0.2) is 17.3 Å². The Labute approximate surface area is 69.4 Å². The molecule has 0 rings (SSSR count). The molecule has 0 aromatic carbocycles. The lowest BCUT2D eigenvalue weighted by molar-refractivity contribution is 0.750. The molecule has 0 aliphatic heterocycles. The Morgan fingerprint density at radius 1 is 1.64 bits per heavy atom. The molecule has 2 heteroatoms. The van der Waals surface area contributed by atoms with Crippen LogP contribution in [0, 0.1) is 0 Å². The van der Waals surface area contributed by atoms with Crippen LogP contribution in [-0.2, 0) is 0 Å². The Balaban J connectivity index is 4.13. The summed E-state index contributed by atoms with van der Waals surface area (Å²) in [5.41, 5.74) is 1.20. The third kappa shape index (κ3) is 3.94. The first-order valence-electron chi connectivity index (χ1n) is 4.11. The van der Waals surface area contributed by atoms with Crippen LogP contribution >= 0.6 is 0 Å². The van der Waals surface area contributed by atoms with Gasteiger partial charge >= 0.3 is 0 Å². The van der Waals surface area contributed by atoms with Gasteiger partial charge in [-0.3, -0.25) is 4.99 Å². The zero-order chi connectivity index (χ0) is 8.69. The van der Waals surface area contributed by atoms with Gasteiger partial charge in [-0.15, -0.1) is 0 Å². The Morgan fingerprint density at radius 2 is 2.27 bits per heavy atom. The maximum Gasteiger partial charge on any atom is 0.0424 e. The molecule has 11 heavy (non-hydrogen) atoms. The fourth-order valence-electron chi connectivity index (χ4n) is 0.846. The molecule has 0 radical (unpaired) electrons. The fraction of sp³-hybridized carbons (Fsp3) is 0.667. The number of rotatable bonds is 4. The van der Waals surface area contributed by atoms with Gasteiger partial charge in [0.05, 0.1) is 0 Å². The smallest absolute Gasteiger partial charge is 0.0424 e. The molecule has 1 atom stereocenters. The van der Waals surface area contributed by atoms with E-state index in [1.165, 1.54) is 5.71 Å². The van der Waals surface area contributed by atoms with E-state index in [-0.39, 0.29) is 0 Å². The Kier molecular flexibility index (Phi) is 5.75. The maximum absolute atomic E-state index is 4.31. The summed E-state index contributed by atoms with van der Waals surface area (Å²) in [7, 11) is 1.95. The second kappa shape index (κ2) is 6.10. The Hall–Kier alpha value is -0.630. The normalized spacial score (nSPS) is 15.8. The lowest BCUT2D eigenvalue weighted by atomic mass is 10.1. The highest BCUT2D eigenvalue weighted by atomic mass is 14.9. The van der Waals surface area contributed by atoms with Gasteiger partial charge < -0.3 is 5.32 Å². The van der Waals surface area contributed by atoms with Gasteiger partial charge in [0.15, 0.2) is 0 Å². The lowest BCUT2D eigenvalue weighted by Gasteiger charge is -2.10. The van der Waals surface area contributed by atoms with E-state index in [4.69, 9.17) is 0 Å². The van der Waals surface area contributed by atoms with Crippen LogP contribution in [0.3, 0.4) is 0 Å². The van der Waals surface area contributed by atoms with E-state index < -0.39 is 0 Å². The summed E-state index contributed by atoms with van der Waals surface area (Å²) in [5, 5.41) is 3.16. The second-order valence-electron chi connectivity index (χ2n) is 2.47. The van der Waals surface area contributed by atoms with E-state index >= 15 is 0 Å². The predicted molar refractivity (Wildman–Crippen MR) is 51.1 cm³/mol. The highest BCUT2D eigenvalue weighted by Crippen LogP contribution is 1.94. The third-order valence-corrected chi connectivity index (χ3v) is 1.68. The monoisotopic (exact) mass is 154 g/mol. The summed E-state index contributed by atoms with van der Waals surface area (Å²) in [6, 6.07) is 0.385. The van der Waals surface area contributed by atoms with Crippen molar-refractivity contribution in [1.29, 1.82) is 0 Å². The quantitative estimate of drug-likeness (QED) is 0.615. The van der Waals surface area contributed by atoms with Crippen LogP contribution in [0.4, 0.5) is 0 Å². The maximum atomic E-state index is 4.31. The van der Waals surface area contributed by atoms with Crippen molar-refractivity contribution in [1.82, 2.24) is 5.32 Å². The number of allylic oxidation sites excluding steroid dienone is 1. The molecule has 64 valence electrons. The van der Waals surface area contributed by atoms with Crippen molar-refractivity contribution in [3.63, 3.8) is 0 Å². The van der Waals surface area contributed by atoms with Crippen molar-refractivity contribution in [2.45, 2.75) is 33.2 Å². The van der Waals surface area contributed by atoms with Crippen LogP contribution < -0.4 is 5.32 Å². The Bertz CT molecular complexity index is 148. The van der Waals surface area contributed by atoms with Gasteiger partial charge in [0.1, 0.15) is 0 Å². The van der Waals surface area contributed by atoms with Crippen LogP contribution in [0.5, 0.6) is 0 Å². The first-order valence-corrected chi connectivity index (χ1v) is 4.11. The number of aliphatic imine (C=N–C) groups is 1. The summed E-state index contributed by atoms with van der Waals surface area (Å²) in [6.45, 7) is 6.21. The first kappa shape index (κ1) is 10.4. The van der Waals surface area contributed by atoms with E-state index in [1.54, 1.807) is 0 Å². The van der Waals surface area contributed by atoms with Crippen LogP contribution in [0.1, 0.15) is 27.2 Å². The molecule has 1 unspecified atom stereocenters. The van der Waals surface area contributed by atoms with E-state index in [2.05, 4.69) is 24.2 Å². The summed E-state index contributed by atoms with van der Waals surface area (Å²) < 4.78 is 0. The molecule has 0 fully saturated rings. The molecule has 0 aliphatic carbocycles. The van der Waals surface area contributed by atoms with Crippen LogP contribution in [-0.4, -0.2) is 18.8 Å². The number of hydrogen-bond acceptors (Lipinski definition) is 2. The van der Waals surface area contributed by atoms with Gasteiger partial charge in [0, 0.05) is 18.0 Å². The lowest BCUT2D eigenvalue weighted by Crippen LogP contribution is -2.30. The zero-order valence-electron chi connectivity index (χ0n) is 7.89. The molecule has 0 amide bonds. The predicted octanol–water partition coefficient (Wildman–Crippen LogP) is 1.98. The van der Waals surface area contributed by atoms with Gasteiger partial charge in [-0.2, -0.15) is 0 Å². The fourth-order valence-corrected chi connectivity index (χ4v) is 0.846. The molecule has 0 saturated carbocycles. The highest BCUT2D eigenvalue weighted by Gasteiger charge is 2.03. The highest BCUT2D eigenvalue weighted by molar-refractivity contribution is 5.89. The van der Waals surface area contributed by atoms with Gasteiger partial charge in [0.25, 0.3) is 0 Å². The molecule has 0 aliphatic rings. The van der Waals surface area contributed by atoms with Crippen molar-refractivity contribution < 1.29 is 0 Å². The molecule has 0 aromatic rings. The molecule has 2 nitrogen and oxygen atoms in total. The summed E-state index contributed by atoms with van der Waals surface area (Å²) in [6.07, 6.45) is 4.79. The average molecular weight is 154 g/mol. The van der Waals surface area contributed by atoms with E-state index in [0.717, 1.165) is 6.42 Å². The SMILES string of the molecule is C/C=C/N=C(\CC)C(C)NC. The zero-order valence-corrected chi connectivity index (χ0v) is 7.89. The van der Waals surface area contributed by atoms with Gasteiger partial charge in [-0.05, 0) is 27.3 Å². The topological polar surface area (TPSA) is 24.4 Å². The van der Waals surface area contributed by atoms with Crippen LogP contribution in [0.2, 0.25) is 0 Å². The largest absolute Gasteiger partial charge is 0.312 e. The summed E-state index contributed by atoms with van der Waals surface area (Å²) in [5.74, 6) is 0. The number of hydrogen-bond donors (Lipinski definition) is 1. The van der Waals surface area contributed by atoms with Crippen LogP contribution in [0.25, 0.3) is 0 Å². The summed E-state index contributed by atoms with van der Waals surface area (Å²) in [4.78, 5) is 4.31. The van der Waals surface area contributed by atoms with Crippen molar-refractivity contribution in [3.05, 3.63) is 12.3 Å². The summed E-state index contributed by atoms with van der Waals surface area (Å²) >= 11 is 0. The van der Waals surface area contributed by atoms with Crippen molar-refractivity contribution >= 4 is 5.71 Å². The molecule has 0 aromatic heterocycles. The molecule has 0 heterocycles. The van der Waals surface area contributed by atoms with Gasteiger partial charge in [0.2, 0.25) is 0 Å². The first-order chi connectivity index (χ1) is 5.26. The minimum Gasteiger partial charge on any atom is -0.312 e. The Morgan fingerprint density at radius 3 is 2.64 bits per heavy atom. The van der Waals surface area contributed by atoms with E-state index in [1.807, 2.05) is 26.2 Å². The third-order valence-electron chi connectivity index (χ3n) is 1.68. The van der Waals surface area contributed by atoms with Crippen molar-refractivity contribution in [2.24, 2.45) is 4.99 Å². The standard InChI is InChI=1S/C9H18N2/c1-5-7-11-9(6-2)8(3)10-4/h5,7-8,10H,6H2,1-4H3/b7-5+,11-9+. The van der Waals surface area contributed by atoms with Crippen molar-refractivity contribution in [2.75, 3.05) is 7.05 Å². The molecule has 0 saturated heterocycles. The molecule has 1 N–H and O–H groups in total. The van der Waals surface area contributed by atoms with Crippen molar-refractivity contribution in [3.8, 4) is 0 Å². The second-order valence-corrected chi connectivity index (χ2v) is 2.47. The van der Waals surface area contributed by atoms with Gasteiger partial charge in [-0.1, -0.05) is 13.0 Å². The van der Waals surface area contributed by atoms with E-state index in [0.29, 0.717) is 6.04 Å². The molecule has 0 spiro atoms. The van der Waals surface area contributed by atoms with E-state index in [9.17, 15) is 0 Å². The van der Waals surface area contributed by atoms with Gasteiger partial charge in [-0.25, -0.2) is 0 Å². The molecular formula is C9H18N2. The molecule has 0 bridgehead atoms.